The van der Waals surface area contributed by atoms with E-state index in [-0.39, 0.29) is 23.3 Å². The van der Waals surface area contributed by atoms with Crippen molar-refractivity contribution in [1.82, 2.24) is 14.6 Å². The Bertz CT molecular complexity index is 1080. The van der Waals surface area contributed by atoms with E-state index in [0.29, 0.717) is 22.7 Å². The number of aryl methyl sites for hydroxylation is 1. The van der Waals surface area contributed by atoms with Gasteiger partial charge in [-0.15, -0.1) is 0 Å². The summed E-state index contributed by atoms with van der Waals surface area (Å²) in [6.45, 7) is 8.25. The van der Waals surface area contributed by atoms with Gasteiger partial charge in [-0.2, -0.15) is 0 Å². The Hall–Kier alpha value is -3.33. The molecule has 1 aliphatic heterocycles. The van der Waals surface area contributed by atoms with Gasteiger partial charge in [0.2, 0.25) is 5.91 Å². The number of nitrogen functional groups attached to an aromatic ring is 1. The van der Waals surface area contributed by atoms with Crippen molar-refractivity contribution in [2.24, 2.45) is 11.7 Å². The van der Waals surface area contributed by atoms with Crippen LogP contribution < -0.4 is 11.5 Å². The number of fused-ring (bicyclic) bond motifs is 1. The van der Waals surface area contributed by atoms with Crippen molar-refractivity contribution in [3.8, 4) is 5.69 Å². The molecule has 0 aliphatic carbocycles. The van der Waals surface area contributed by atoms with Crippen LogP contribution in [-0.2, 0) is 4.79 Å². The van der Waals surface area contributed by atoms with Gasteiger partial charge in [-0.1, -0.05) is 5.16 Å². The van der Waals surface area contributed by atoms with Crippen LogP contribution in [0.3, 0.4) is 0 Å². The number of benzene rings is 1. The maximum atomic E-state index is 11.2. The van der Waals surface area contributed by atoms with Crippen LogP contribution in [-0.4, -0.2) is 50.7 Å². The Morgan fingerprint density at radius 2 is 1.90 bits per heavy atom. The molecule has 0 unspecified atom stereocenters. The maximum Gasteiger partial charge on any atom is 0.352 e. The number of carbonyl (C=O) groups excluding carboxylic acids is 1. The fourth-order valence-corrected chi connectivity index (χ4v) is 3.77. The molecule has 9 nitrogen and oxygen atoms in total. The molecule has 0 atom stereocenters. The molecule has 3 aromatic rings. The highest BCUT2D eigenvalue weighted by molar-refractivity contribution is 5.90. The number of nitrogens with two attached hydrogens (primary N) is 2. The van der Waals surface area contributed by atoms with E-state index in [0.717, 1.165) is 31.5 Å². The summed E-state index contributed by atoms with van der Waals surface area (Å²) >= 11 is 0. The Morgan fingerprint density at radius 1 is 1.23 bits per heavy atom. The number of primary amides is 1. The molecule has 31 heavy (non-hydrogen) atoms. The third-order valence-electron chi connectivity index (χ3n) is 5.60. The summed E-state index contributed by atoms with van der Waals surface area (Å²) in [5, 5.41) is 13.5. The number of aromatic carboxylic acids is 1. The molecule has 1 saturated heterocycles. The average molecular weight is 428 g/mol. The van der Waals surface area contributed by atoms with Crippen LogP contribution in [0.5, 0.6) is 0 Å². The lowest BCUT2D eigenvalue weighted by Crippen LogP contribution is -2.41. The number of carbonyl (C=O) groups is 2. The number of rotatable bonds is 4. The van der Waals surface area contributed by atoms with E-state index in [1.54, 1.807) is 35.0 Å². The summed E-state index contributed by atoms with van der Waals surface area (Å²) in [6, 6.07) is 7.45. The number of anilines is 1. The molecule has 0 saturated carbocycles. The molecule has 1 aliphatic rings. The molecular weight excluding hydrogens is 398 g/mol. The monoisotopic (exact) mass is 427 g/mol. The first kappa shape index (κ1) is 22.4. The minimum Gasteiger partial charge on any atom is -0.477 e. The summed E-state index contributed by atoms with van der Waals surface area (Å²) < 4.78 is 6.62. The van der Waals surface area contributed by atoms with E-state index in [1.165, 1.54) is 0 Å². The zero-order chi connectivity index (χ0) is 22.7. The van der Waals surface area contributed by atoms with Crippen LogP contribution in [0, 0.1) is 12.8 Å². The zero-order valence-corrected chi connectivity index (χ0v) is 18.0. The topological polar surface area (TPSA) is 141 Å². The fourth-order valence-electron chi connectivity index (χ4n) is 3.77. The Balaban J connectivity index is 0.000000196. The van der Waals surface area contributed by atoms with Crippen LogP contribution in [0.15, 0.2) is 35.0 Å². The van der Waals surface area contributed by atoms with E-state index < -0.39 is 5.97 Å². The molecule has 3 heterocycles. The zero-order valence-electron chi connectivity index (χ0n) is 18.0. The summed E-state index contributed by atoms with van der Waals surface area (Å²) in [5.74, 6) is -0.692. The highest BCUT2D eigenvalue weighted by Crippen LogP contribution is 2.25. The van der Waals surface area contributed by atoms with Crippen molar-refractivity contribution in [1.29, 1.82) is 0 Å². The second-order valence-corrected chi connectivity index (χ2v) is 8.13. The number of nitrogens with zero attached hydrogens (tertiary/aromatic N) is 3. The summed E-state index contributed by atoms with van der Waals surface area (Å²) in [6.07, 6.45) is 3.63. The number of likely N-dealkylation sites (tertiary alicyclic amines) is 1. The summed E-state index contributed by atoms with van der Waals surface area (Å²) in [5.41, 5.74) is 13.3. The van der Waals surface area contributed by atoms with Crippen LogP contribution >= 0.6 is 0 Å². The lowest BCUT2D eigenvalue weighted by molar-refractivity contribution is -0.123. The second kappa shape index (κ2) is 9.22. The minimum absolute atomic E-state index is 0.125. The quantitative estimate of drug-likeness (QED) is 0.581. The van der Waals surface area contributed by atoms with Crippen molar-refractivity contribution in [2.45, 2.75) is 39.7 Å². The van der Waals surface area contributed by atoms with Crippen molar-refractivity contribution in [2.75, 3.05) is 18.8 Å². The normalized spacial score (nSPS) is 15.1. The molecule has 0 spiro atoms. The Kier molecular flexibility index (Phi) is 6.65. The highest BCUT2D eigenvalue weighted by atomic mass is 16.5. The van der Waals surface area contributed by atoms with Gasteiger partial charge in [0.1, 0.15) is 5.69 Å². The predicted octanol–water partition coefficient (Wildman–Crippen LogP) is 2.80. The third-order valence-corrected chi connectivity index (χ3v) is 5.60. The van der Waals surface area contributed by atoms with Gasteiger partial charge in [0, 0.05) is 23.8 Å². The first-order valence-electron chi connectivity index (χ1n) is 10.3. The van der Waals surface area contributed by atoms with Crippen molar-refractivity contribution >= 4 is 28.7 Å². The molecule has 166 valence electrons. The molecule has 4 rings (SSSR count). The first-order valence-corrected chi connectivity index (χ1v) is 10.3. The van der Waals surface area contributed by atoms with Gasteiger partial charge in [0.05, 0.1) is 5.39 Å². The highest BCUT2D eigenvalue weighted by Gasteiger charge is 2.23. The van der Waals surface area contributed by atoms with Gasteiger partial charge in [-0.25, -0.2) is 4.79 Å². The van der Waals surface area contributed by atoms with E-state index >= 15 is 0 Å². The molecule has 9 heteroatoms. The number of aromatic nitrogens is 2. The smallest absolute Gasteiger partial charge is 0.352 e. The van der Waals surface area contributed by atoms with Crippen molar-refractivity contribution in [3.63, 3.8) is 0 Å². The van der Waals surface area contributed by atoms with Crippen LogP contribution in [0.1, 0.15) is 42.7 Å². The van der Waals surface area contributed by atoms with Crippen molar-refractivity contribution < 1.29 is 19.2 Å². The van der Waals surface area contributed by atoms with Crippen LogP contribution in [0.2, 0.25) is 0 Å². The standard InChI is InChI=1S/C13H11N3O3.C9H18N2O/c1-7-4-10(13(17)18)16(6-7)8-2-3-11-9(5-8)12(14)15-19-11;1-7(2)11-5-3-8(4-6-11)9(10)12/h2-6H,1H3,(H2,14,15)(H,17,18);7-8H,3-6H2,1-2H3,(H2,10,12). The van der Waals surface area contributed by atoms with Gasteiger partial charge < -0.3 is 30.6 Å². The van der Waals surface area contributed by atoms with Crippen LogP contribution in [0.25, 0.3) is 16.7 Å². The van der Waals surface area contributed by atoms with Gasteiger partial charge in [-0.3, -0.25) is 4.79 Å². The SMILES string of the molecule is CC(C)N1CCC(C(N)=O)CC1.Cc1cc(C(=O)O)n(-c2ccc3onc(N)c3c2)c1. The van der Waals surface area contributed by atoms with Gasteiger partial charge in [0.15, 0.2) is 11.4 Å². The third kappa shape index (κ3) is 5.05. The lowest BCUT2D eigenvalue weighted by Gasteiger charge is -2.33. The number of carboxylic acid groups (broad SMARTS) is 1. The lowest BCUT2D eigenvalue weighted by atomic mass is 9.95. The van der Waals surface area contributed by atoms with Crippen molar-refractivity contribution in [3.05, 3.63) is 41.7 Å². The molecule has 1 fully saturated rings. The number of carboxylic acids is 1. The Labute approximate surface area is 180 Å². The molecule has 0 bridgehead atoms. The number of hydrogen-bond donors (Lipinski definition) is 3. The van der Waals surface area contributed by atoms with E-state index in [1.807, 2.05) is 6.92 Å². The molecule has 5 N–H and O–H groups in total. The molecule has 1 aromatic carbocycles. The average Bonchev–Trinajstić information content (AvgIpc) is 3.31. The van der Waals surface area contributed by atoms with Gasteiger partial charge in [-0.05, 0) is 76.5 Å². The van der Waals surface area contributed by atoms with E-state index in [9.17, 15) is 14.7 Å². The Morgan fingerprint density at radius 3 is 2.48 bits per heavy atom. The maximum absolute atomic E-state index is 11.2. The molecule has 1 amide bonds. The van der Waals surface area contributed by atoms with E-state index in [4.69, 9.17) is 16.0 Å². The van der Waals surface area contributed by atoms with Gasteiger partial charge >= 0.3 is 5.97 Å². The largest absolute Gasteiger partial charge is 0.477 e. The second-order valence-electron chi connectivity index (χ2n) is 8.13. The van der Waals surface area contributed by atoms with Crippen LogP contribution in [0.4, 0.5) is 5.82 Å². The number of amides is 1. The number of hydrogen-bond acceptors (Lipinski definition) is 6. The first-order chi connectivity index (χ1) is 14.7. The van der Waals surface area contributed by atoms with Gasteiger partial charge in [0.25, 0.3) is 0 Å². The van der Waals surface area contributed by atoms with E-state index in [2.05, 4.69) is 23.9 Å². The minimum atomic E-state index is -0.980. The summed E-state index contributed by atoms with van der Waals surface area (Å²) in [7, 11) is 0. The summed E-state index contributed by atoms with van der Waals surface area (Å²) in [4.78, 5) is 24.4. The number of piperidine rings is 1. The predicted molar refractivity (Wildman–Crippen MR) is 118 cm³/mol. The molecule has 2 aromatic heterocycles. The fraction of sp³-hybridized carbons (Fsp3) is 0.409. The molecule has 0 radical (unpaired) electrons. The molecular formula is C22H29N5O4.